The Balaban J connectivity index is 1.55. The molecule has 4 rings (SSSR count). The molecule has 0 aromatic heterocycles. The predicted molar refractivity (Wildman–Crippen MR) is 119 cm³/mol. The third-order valence-corrected chi connectivity index (χ3v) is 6.39. The van der Waals surface area contributed by atoms with Crippen LogP contribution in [0, 0.1) is 5.92 Å². The fourth-order valence-electron chi connectivity index (χ4n) is 4.47. The van der Waals surface area contributed by atoms with Crippen molar-refractivity contribution < 1.29 is 19.1 Å². The van der Waals surface area contributed by atoms with E-state index in [4.69, 9.17) is 4.74 Å². The van der Waals surface area contributed by atoms with Crippen LogP contribution < -0.4 is 9.64 Å². The monoisotopic (exact) mass is 420 g/mol. The average Bonchev–Trinajstić information content (AvgIpc) is 3.03. The molecular formula is C25H28N2O4. The number of imide groups is 1. The van der Waals surface area contributed by atoms with Gasteiger partial charge < -0.3 is 9.64 Å². The van der Waals surface area contributed by atoms with Gasteiger partial charge in [0.1, 0.15) is 5.75 Å². The van der Waals surface area contributed by atoms with Crippen molar-refractivity contribution in [1.29, 1.82) is 0 Å². The van der Waals surface area contributed by atoms with Crippen LogP contribution >= 0.6 is 0 Å². The van der Waals surface area contributed by atoms with Gasteiger partial charge in [0.2, 0.25) is 0 Å². The quantitative estimate of drug-likeness (QED) is 0.666. The average molecular weight is 421 g/mol. The molecule has 0 atom stereocenters. The number of amides is 3. The zero-order valence-corrected chi connectivity index (χ0v) is 18.3. The van der Waals surface area contributed by atoms with Crippen LogP contribution in [0.1, 0.15) is 70.6 Å². The van der Waals surface area contributed by atoms with Crippen LogP contribution in [0.4, 0.5) is 5.69 Å². The van der Waals surface area contributed by atoms with Crippen LogP contribution in [0.3, 0.4) is 0 Å². The van der Waals surface area contributed by atoms with Crippen molar-refractivity contribution in [2.75, 3.05) is 18.6 Å². The molecule has 2 aromatic rings. The Morgan fingerprint density at radius 1 is 1.00 bits per heavy atom. The molecule has 6 nitrogen and oxygen atoms in total. The standard InChI is InChI=1S/C25H28N2O4/c1-4-31-20-12-10-19(11-13-20)27-24(29)21-14-7-17(15-22(21)25(27)30)23(28)26(3)18-8-5-16(2)6-9-18/h7,10-16,18H,4-6,8-9H2,1-3H3. The minimum atomic E-state index is -0.409. The second-order valence-corrected chi connectivity index (χ2v) is 8.46. The Bertz CT molecular complexity index is 1010. The van der Waals surface area contributed by atoms with E-state index in [2.05, 4.69) is 6.92 Å². The molecule has 0 spiro atoms. The second kappa shape index (κ2) is 8.53. The summed E-state index contributed by atoms with van der Waals surface area (Å²) in [4.78, 5) is 42.0. The van der Waals surface area contributed by atoms with Gasteiger partial charge in [-0.3, -0.25) is 14.4 Å². The van der Waals surface area contributed by atoms with Crippen molar-refractivity contribution in [3.05, 3.63) is 59.2 Å². The fraction of sp³-hybridized carbons (Fsp3) is 0.400. The number of ether oxygens (including phenoxy) is 1. The number of rotatable bonds is 5. The summed E-state index contributed by atoms with van der Waals surface area (Å²) in [5, 5.41) is 0. The summed E-state index contributed by atoms with van der Waals surface area (Å²) in [7, 11) is 1.83. The van der Waals surface area contributed by atoms with Crippen molar-refractivity contribution in [2.45, 2.75) is 45.6 Å². The largest absolute Gasteiger partial charge is 0.494 e. The SMILES string of the molecule is CCOc1ccc(N2C(=O)c3ccc(C(=O)N(C)C4CCC(C)CC4)cc3C2=O)cc1. The molecule has 162 valence electrons. The van der Waals surface area contributed by atoms with Gasteiger partial charge >= 0.3 is 0 Å². The number of fused-ring (bicyclic) bond motifs is 1. The Labute approximate surface area is 182 Å². The lowest BCUT2D eigenvalue weighted by molar-refractivity contribution is 0.0679. The van der Waals surface area contributed by atoms with Crippen LogP contribution in [-0.2, 0) is 0 Å². The van der Waals surface area contributed by atoms with Crippen molar-refractivity contribution in [1.82, 2.24) is 4.90 Å². The maximum absolute atomic E-state index is 13.1. The summed E-state index contributed by atoms with van der Waals surface area (Å²) in [6.07, 6.45) is 4.24. The smallest absolute Gasteiger partial charge is 0.266 e. The van der Waals surface area contributed by atoms with E-state index in [1.54, 1.807) is 47.4 Å². The molecule has 0 N–H and O–H groups in total. The molecule has 1 saturated carbocycles. The Hall–Kier alpha value is -3.15. The Morgan fingerprint density at radius 2 is 1.65 bits per heavy atom. The first-order valence-electron chi connectivity index (χ1n) is 10.9. The third-order valence-electron chi connectivity index (χ3n) is 6.39. The molecule has 0 bridgehead atoms. The first-order valence-corrected chi connectivity index (χ1v) is 10.9. The van der Waals surface area contributed by atoms with E-state index in [1.165, 1.54) is 0 Å². The summed E-state index contributed by atoms with van der Waals surface area (Å²) in [5.74, 6) is 0.487. The number of carbonyl (C=O) groups is 3. The van der Waals surface area contributed by atoms with E-state index in [1.807, 2.05) is 14.0 Å². The Kier molecular flexibility index (Phi) is 5.81. The van der Waals surface area contributed by atoms with Crippen LogP contribution in [0.15, 0.2) is 42.5 Å². The minimum absolute atomic E-state index is 0.109. The second-order valence-electron chi connectivity index (χ2n) is 8.46. The summed E-state index contributed by atoms with van der Waals surface area (Å²) < 4.78 is 5.43. The lowest BCUT2D eigenvalue weighted by Crippen LogP contribution is -2.39. The van der Waals surface area contributed by atoms with E-state index in [9.17, 15) is 14.4 Å². The van der Waals surface area contributed by atoms with Gasteiger partial charge in [0, 0.05) is 18.7 Å². The molecule has 6 heteroatoms. The van der Waals surface area contributed by atoms with E-state index < -0.39 is 5.91 Å². The number of hydrogen-bond donors (Lipinski definition) is 0. The lowest BCUT2D eigenvalue weighted by atomic mass is 9.86. The molecule has 2 aliphatic rings. The molecule has 0 unspecified atom stereocenters. The number of carbonyl (C=O) groups excluding carboxylic acids is 3. The van der Waals surface area contributed by atoms with Gasteiger partial charge in [-0.15, -0.1) is 0 Å². The zero-order valence-electron chi connectivity index (χ0n) is 18.3. The first-order chi connectivity index (χ1) is 14.9. The lowest BCUT2D eigenvalue weighted by Gasteiger charge is -2.33. The molecule has 0 saturated heterocycles. The molecule has 31 heavy (non-hydrogen) atoms. The van der Waals surface area contributed by atoms with Crippen molar-refractivity contribution >= 4 is 23.4 Å². The fourth-order valence-corrected chi connectivity index (χ4v) is 4.47. The molecule has 1 aliphatic carbocycles. The van der Waals surface area contributed by atoms with Gasteiger partial charge in [-0.2, -0.15) is 0 Å². The van der Waals surface area contributed by atoms with Crippen molar-refractivity contribution in [2.24, 2.45) is 5.92 Å². The van der Waals surface area contributed by atoms with Gasteiger partial charge in [0.05, 0.1) is 23.4 Å². The van der Waals surface area contributed by atoms with Crippen LogP contribution in [-0.4, -0.2) is 42.3 Å². The topological polar surface area (TPSA) is 66.9 Å². The number of nitrogens with zero attached hydrogens (tertiary/aromatic N) is 2. The number of benzene rings is 2. The normalized spacial score (nSPS) is 20.5. The van der Waals surface area contributed by atoms with Gasteiger partial charge in [-0.1, -0.05) is 6.92 Å². The van der Waals surface area contributed by atoms with E-state index in [0.717, 1.165) is 30.6 Å². The molecule has 2 aromatic carbocycles. The summed E-state index contributed by atoms with van der Waals surface area (Å²) >= 11 is 0. The predicted octanol–water partition coefficient (Wildman–Crippen LogP) is 4.54. The van der Waals surface area contributed by atoms with Gasteiger partial charge in [-0.05, 0) is 81.0 Å². The van der Waals surface area contributed by atoms with Gasteiger partial charge in [-0.25, -0.2) is 4.90 Å². The summed E-state index contributed by atoms with van der Waals surface area (Å²) in [6.45, 7) is 4.68. The molecular weight excluding hydrogens is 392 g/mol. The molecule has 0 radical (unpaired) electrons. The van der Waals surface area contributed by atoms with Crippen LogP contribution in [0.25, 0.3) is 0 Å². The van der Waals surface area contributed by atoms with Crippen molar-refractivity contribution in [3.8, 4) is 5.75 Å². The summed E-state index contributed by atoms with van der Waals surface area (Å²) in [5.41, 5.74) is 1.52. The van der Waals surface area contributed by atoms with Gasteiger partial charge in [0.15, 0.2) is 0 Å². The van der Waals surface area contributed by atoms with Crippen LogP contribution in [0.2, 0.25) is 0 Å². The third kappa shape index (κ3) is 3.94. The maximum atomic E-state index is 13.1. The molecule has 1 fully saturated rings. The highest BCUT2D eigenvalue weighted by Crippen LogP contribution is 2.31. The van der Waals surface area contributed by atoms with Gasteiger partial charge in [0.25, 0.3) is 17.7 Å². The highest BCUT2D eigenvalue weighted by atomic mass is 16.5. The minimum Gasteiger partial charge on any atom is -0.494 e. The highest BCUT2D eigenvalue weighted by molar-refractivity contribution is 6.34. The zero-order chi connectivity index (χ0) is 22.1. The van der Waals surface area contributed by atoms with E-state index >= 15 is 0 Å². The first kappa shape index (κ1) is 21.1. The van der Waals surface area contributed by atoms with E-state index in [0.29, 0.717) is 35.1 Å². The highest BCUT2D eigenvalue weighted by Gasteiger charge is 2.37. The number of anilines is 1. The summed E-state index contributed by atoms with van der Waals surface area (Å²) in [6, 6.07) is 11.9. The maximum Gasteiger partial charge on any atom is 0.266 e. The van der Waals surface area contributed by atoms with Crippen molar-refractivity contribution in [3.63, 3.8) is 0 Å². The number of hydrogen-bond acceptors (Lipinski definition) is 4. The van der Waals surface area contributed by atoms with Crippen LogP contribution in [0.5, 0.6) is 5.75 Å². The molecule has 3 amide bonds. The molecule has 1 aliphatic heterocycles. The Morgan fingerprint density at radius 3 is 2.29 bits per heavy atom. The van der Waals surface area contributed by atoms with E-state index in [-0.39, 0.29) is 23.4 Å². The molecule has 1 heterocycles.